The molecule has 0 radical (unpaired) electrons. The van der Waals surface area contributed by atoms with Crippen molar-refractivity contribution in [2.45, 2.75) is 42.9 Å². The molecule has 0 fully saturated rings. The van der Waals surface area contributed by atoms with E-state index in [-0.39, 0.29) is 0 Å². The van der Waals surface area contributed by atoms with Crippen molar-refractivity contribution in [2.24, 2.45) is 0 Å². The smallest absolute Gasteiger partial charge is 0.142 e. The SMILES string of the molecule is Brc1ccc(SCc2nc(NCc3cccnc3)c3c4c(sc3n2)CCCC4)cc1. The first-order valence-electron chi connectivity index (χ1n) is 10.1. The summed E-state index contributed by atoms with van der Waals surface area (Å²) in [6, 6.07) is 12.4. The van der Waals surface area contributed by atoms with Crippen LogP contribution in [0.25, 0.3) is 10.2 Å². The highest BCUT2D eigenvalue weighted by atomic mass is 79.9. The fourth-order valence-corrected chi connectivity index (χ4v) is 6.06. The lowest BCUT2D eigenvalue weighted by Gasteiger charge is -2.13. The number of aromatic nitrogens is 3. The Kier molecular flexibility index (Phi) is 6.02. The van der Waals surface area contributed by atoms with E-state index in [2.05, 4.69) is 56.6 Å². The van der Waals surface area contributed by atoms with Crippen LogP contribution in [0.2, 0.25) is 0 Å². The molecule has 4 aromatic rings. The minimum Gasteiger partial charge on any atom is -0.365 e. The number of pyridine rings is 1. The second-order valence-corrected chi connectivity index (χ2v) is 10.4. The van der Waals surface area contributed by atoms with E-state index >= 15 is 0 Å². The Morgan fingerprint density at radius 2 is 1.93 bits per heavy atom. The topological polar surface area (TPSA) is 50.7 Å². The molecule has 152 valence electrons. The van der Waals surface area contributed by atoms with E-state index in [1.54, 1.807) is 18.0 Å². The Morgan fingerprint density at radius 1 is 1.07 bits per heavy atom. The Labute approximate surface area is 192 Å². The number of rotatable bonds is 6. The van der Waals surface area contributed by atoms with Crippen molar-refractivity contribution in [1.82, 2.24) is 15.0 Å². The number of nitrogens with zero attached hydrogens (tertiary/aromatic N) is 3. The van der Waals surface area contributed by atoms with Crippen molar-refractivity contribution >= 4 is 55.1 Å². The largest absolute Gasteiger partial charge is 0.365 e. The zero-order chi connectivity index (χ0) is 20.3. The van der Waals surface area contributed by atoms with Crippen LogP contribution in [-0.2, 0) is 25.1 Å². The van der Waals surface area contributed by atoms with Crippen LogP contribution >= 0.6 is 39.0 Å². The van der Waals surface area contributed by atoms with Gasteiger partial charge in [-0.3, -0.25) is 4.98 Å². The molecule has 0 amide bonds. The highest BCUT2D eigenvalue weighted by molar-refractivity contribution is 9.10. The zero-order valence-electron chi connectivity index (χ0n) is 16.4. The van der Waals surface area contributed by atoms with E-state index in [1.165, 1.54) is 40.0 Å². The van der Waals surface area contributed by atoms with Gasteiger partial charge in [-0.25, -0.2) is 9.97 Å². The minimum absolute atomic E-state index is 0.712. The first kappa shape index (κ1) is 20.0. The zero-order valence-corrected chi connectivity index (χ0v) is 19.6. The van der Waals surface area contributed by atoms with Crippen molar-refractivity contribution < 1.29 is 0 Å². The fourth-order valence-electron chi connectivity index (χ4n) is 3.76. The van der Waals surface area contributed by atoms with Crippen molar-refractivity contribution in [3.05, 3.63) is 75.1 Å². The highest BCUT2D eigenvalue weighted by Crippen LogP contribution is 2.39. The lowest BCUT2D eigenvalue weighted by Crippen LogP contribution is -2.06. The first-order valence-corrected chi connectivity index (χ1v) is 12.7. The van der Waals surface area contributed by atoms with Gasteiger partial charge in [0.15, 0.2) is 0 Å². The maximum Gasteiger partial charge on any atom is 0.142 e. The number of halogens is 1. The summed E-state index contributed by atoms with van der Waals surface area (Å²) in [6.45, 7) is 0.712. The number of nitrogens with one attached hydrogen (secondary N) is 1. The van der Waals surface area contributed by atoms with Gasteiger partial charge in [-0.15, -0.1) is 23.1 Å². The molecule has 0 aliphatic heterocycles. The molecular weight excluding hydrogens is 476 g/mol. The number of thioether (sulfide) groups is 1. The lowest BCUT2D eigenvalue weighted by atomic mass is 9.97. The van der Waals surface area contributed by atoms with Crippen LogP contribution < -0.4 is 5.32 Å². The number of hydrogen-bond donors (Lipinski definition) is 1. The van der Waals surface area contributed by atoms with Crippen LogP contribution in [0.4, 0.5) is 5.82 Å². The van der Waals surface area contributed by atoms with E-state index in [0.717, 1.165) is 38.7 Å². The summed E-state index contributed by atoms with van der Waals surface area (Å²) in [7, 11) is 0. The molecular formula is C23H21BrN4S2. The van der Waals surface area contributed by atoms with Crippen molar-refractivity contribution in [1.29, 1.82) is 0 Å². The van der Waals surface area contributed by atoms with Crippen molar-refractivity contribution in [3.63, 3.8) is 0 Å². The van der Waals surface area contributed by atoms with E-state index in [0.29, 0.717) is 6.54 Å². The van der Waals surface area contributed by atoms with Gasteiger partial charge in [0, 0.05) is 33.2 Å². The molecule has 1 aliphatic rings. The summed E-state index contributed by atoms with van der Waals surface area (Å²) in [5.41, 5.74) is 2.61. The molecule has 5 rings (SSSR count). The van der Waals surface area contributed by atoms with Crippen LogP contribution in [0, 0.1) is 0 Å². The molecule has 1 aliphatic carbocycles. The third-order valence-electron chi connectivity index (χ3n) is 5.23. The van der Waals surface area contributed by atoms with Crippen molar-refractivity contribution in [2.75, 3.05) is 5.32 Å². The van der Waals surface area contributed by atoms with Gasteiger partial charge in [-0.05, 0) is 67.1 Å². The average molecular weight is 497 g/mol. The molecule has 30 heavy (non-hydrogen) atoms. The molecule has 0 saturated heterocycles. The Bertz CT molecular complexity index is 1160. The Hall–Kier alpha value is -1.96. The van der Waals surface area contributed by atoms with E-state index in [1.807, 2.05) is 23.6 Å². The van der Waals surface area contributed by atoms with Gasteiger partial charge in [-0.2, -0.15) is 0 Å². The number of hydrogen-bond acceptors (Lipinski definition) is 6. The molecule has 0 spiro atoms. The maximum atomic E-state index is 4.96. The summed E-state index contributed by atoms with van der Waals surface area (Å²) in [5, 5.41) is 4.82. The van der Waals surface area contributed by atoms with Crippen LogP contribution in [0.3, 0.4) is 0 Å². The number of anilines is 1. The number of benzene rings is 1. The third-order valence-corrected chi connectivity index (χ3v) is 7.95. The lowest BCUT2D eigenvalue weighted by molar-refractivity contribution is 0.700. The summed E-state index contributed by atoms with van der Waals surface area (Å²) in [6.07, 6.45) is 8.53. The van der Waals surface area contributed by atoms with Crippen molar-refractivity contribution in [3.8, 4) is 0 Å². The average Bonchev–Trinajstić information content (AvgIpc) is 3.16. The Morgan fingerprint density at radius 3 is 2.77 bits per heavy atom. The monoisotopic (exact) mass is 496 g/mol. The minimum atomic E-state index is 0.712. The summed E-state index contributed by atoms with van der Waals surface area (Å²) >= 11 is 7.12. The Balaban J connectivity index is 1.46. The van der Waals surface area contributed by atoms with Gasteiger partial charge in [0.05, 0.1) is 11.1 Å². The number of thiophene rings is 1. The maximum absolute atomic E-state index is 4.96. The van der Waals surface area contributed by atoms with Crippen LogP contribution in [-0.4, -0.2) is 15.0 Å². The van der Waals surface area contributed by atoms with Gasteiger partial charge in [0.1, 0.15) is 16.5 Å². The molecule has 1 N–H and O–H groups in total. The molecule has 0 atom stereocenters. The summed E-state index contributed by atoms with van der Waals surface area (Å²) in [4.78, 5) is 18.0. The number of aryl methyl sites for hydroxylation is 2. The van der Waals surface area contributed by atoms with E-state index in [9.17, 15) is 0 Å². The highest BCUT2D eigenvalue weighted by Gasteiger charge is 2.21. The van der Waals surface area contributed by atoms with Gasteiger partial charge < -0.3 is 5.32 Å². The van der Waals surface area contributed by atoms with Gasteiger partial charge in [0.2, 0.25) is 0 Å². The van der Waals surface area contributed by atoms with Crippen LogP contribution in [0.1, 0.15) is 34.7 Å². The molecule has 0 bridgehead atoms. The summed E-state index contributed by atoms with van der Waals surface area (Å²) in [5.74, 6) is 2.60. The molecule has 3 aromatic heterocycles. The molecule has 3 heterocycles. The predicted octanol–water partition coefficient (Wildman–Crippen LogP) is 6.63. The van der Waals surface area contributed by atoms with E-state index < -0.39 is 0 Å². The molecule has 4 nitrogen and oxygen atoms in total. The van der Waals surface area contributed by atoms with Crippen LogP contribution in [0.15, 0.2) is 58.2 Å². The second kappa shape index (κ2) is 9.04. The molecule has 1 aromatic carbocycles. The predicted molar refractivity (Wildman–Crippen MR) is 129 cm³/mol. The first-order chi connectivity index (χ1) is 14.8. The van der Waals surface area contributed by atoms with Crippen LogP contribution in [0.5, 0.6) is 0 Å². The molecule has 0 saturated carbocycles. The fraction of sp³-hybridized carbons (Fsp3) is 0.261. The molecule has 7 heteroatoms. The van der Waals surface area contributed by atoms with Gasteiger partial charge in [-0.1, -0.05) is 22.0 Å². The third kappa shape index (κ3) is 4.38. The standard InChI is InChI=1S/C23H21BrN4S2/c24-16-7-9-17(10-8-16)29-14-20-27-22(26-13-15-4-3-11-25-12-15)21-18-5-1-2-6-19(18)30-23(21)28-20/h3-4,7-12H,1-2,5-6,13-14H2,(H,26,27,28). The van der Waals surface area contributed by atoms with Gasteiger partial charge in [0.25, 0.3) is 0 Å². The van der Waals surface area contributed by atoms with Gasteiger partial charge >= 0.3 is 0 Å². The second-order valence-electron chi connectivity index (χ2n) is 7.34. The molecule has 0 unspecified atom stereocenters. The summed E-state index contributed by atoms with van der Waals surface area (Å²) < 4.78 is 1.09. The quantitative estimate of drug-likeness (QED) is 0.303. The number of fused-ring (bicyclic) bond motifs is 3. The van der Waals surface area contributed by atoms with E-state index in [4.69, 9.17) is 9.97 Å². The normalized spacial score (nSPS) is 13.4.